The van der Waals surface area contributed by atoms with E-state index in [1.165, 1.54) is 12.4 Å². The van der Waals surface area contributed by atoms with Crippen molar-refractivity contribution in [2.45, 2.75) is 17.9 Å². The van der Waals surface area contributed by atoms with Crippen LogP contribution in [0.15, 0.2) is 41.6 Å². The summed E-state index contributed by atoms with van der Waals surface area (Å²) in [6.45, 7) is 1.64. The second kappa shape index (κ2) is 4.79. The van der Waals surface area contributed by atoms with Gasteiger partial charge >= 0.3 is 0 Å². The Morgan fingerprint density at radius 1 is 1.33 bits per heavy atom. The molecule has 0 radical (unpaired) electrons. The van der Waals surface area contributed by atoms with Crippen molar-refractivity contribution in [1.82, 2.24) is 10.2 Å². The summed E-state index contributed by atoms with van der Waals surface area (Å²) in [5.41, 5.74) is 1.15. The van der Waals surface area contributed by atoms with E-state index in [1.807, 2.05) is 0 Å². The van der Waals surface area contributed by atoms with E-state index < -0.39 is 16.1 Å². The molecule has 2 rings (SSSR count). The fraction of sp³-hybridized carbons (Fsp3) is 0.182. The van der Waals surface area contributed by atoms with Crippen LogP contribution in [-0.2, 0) is 10.0 Å². The van der Waals surface area contributed by atoms with Gasteiger partial charge in [-0.05, 0) is 24.6 Å². The zero-order valence-corrected chi connectivity index (χ0v) is 10.5. The summed E-state index contributed by atoms with van der Waals surface area (Å²) in [6, 6.07) is 6.52. The lowest BCUT2D eigenvalue weighted by atomic mass is 10.1. The molecule has 0 bridgehead atoms. The van der Waals surface area contributed by atoms with Gasteiger partial charge in [0.15, 0.2) is 0 Å². The van der Waals surface area contributed by atoms with Gasteiger partial charge < -0.3 is 5.11 Å². The van der Waals surface area contributed by atoms with Gasteiger partial charge in [0.05, 0.1) is 12.3 Å². The Morgan fingerprint density at radius 3 is 2.50 bits per heavy atom. The average Bonchev–Trinajstić information content (AvgIpc) is 2.83. The van der Waals surface area contributed by atoms with Crippen molar-refractivity contribution >= 4 is 15.7 Å². The monoisotopic (exact) mass is 267 g/mol. The van der Waals surface area contributed by atoms with Crippen LogP contribution in [0.3, 0.4) is 0 Å². The number of aliphatic hydroxyl groups excluding tert-OH is 1. The Morgan fingerprint density at radius 2 is 2.00 bits per heavy atom. The molecule has 0 saturated heterocycles. The van der Waals surface area contributed by atoms with Gasteiger partial charge in [-0.2, -0.15) is 5.10 Å². The highest BCUT2D eigenvalue weighted by Crippen LogP contribution is 2.18. The molecule has 2 aromatic rings. The van der Waals surface area contributed by atoms with Crippen LogP contribution in [0.25, 0.3) is 0 Å². The van der Waals surface area contributed by atoms with Crippen molar-refractivity contribution in [2.75, 3.05) is 4.72 Å². The minimum absolute atomic E-state index is 0.0714. The third kappa shape index (κ3) is 2.69. The summed E-state index contributed by atoms with van der Waals surface area (Å²) < 4.78 is 26.1. The highest BCUT2D eigenvalue weighted by molar-refractivity contribution is 7.92. The number of nitrogens with zero attached hydrogens (tertiary/aromatic N) is 1. The maximum atomic E-state index is 11.9. The molecule has 7 heteroatoms. The van der Waals surface area contributed by atoms with Gasteiger partial charge in [0.25, 0.3) is 10.0 Å². The number of sulfonamides is 1. The van der Waals surface area contributed by atoms with E-state index in [-0.39, 0.29) is 4.90 Å². The molecular weight excluding hydrogens is 254 g/mol. The normalized spacial score (nSPS) is 13.2. The first kappa shape index (κ1) is 12.6. The van der Waals surface area contributed by atoms with Gasteiger partial charge in [-0.3, -0.25) is 9.82 Å². The molecule has 1 aromatic carbocycles. The molecule has 18 heavy (non-hydrogen) atoms. The van der Waals surface area contributed by atoms with Crippen molar-refractivity contribution in [2.24, 2.45) is 0 Å². The van der Waals surface area contributed by atoms with Crippen LogP contribution in [0.1, 0.15) is 18.6 Å². The smallest absolute Gasteiger partial charge is 0.265 e. The third-order valence-corrected chi connectivity index (χ3v) is 3.78. The average molecular weight is 267 g/mol. The van der Waals surface area contributed by atoms with Gasteiger partial charge in [0, 0.05) is 11.9 Å². The zero-order valence-electron chi connectivity index (χ0n) is 9.66. The first-order valence-electron chi connectivity index (χ1n) is 5.29. The van der Waals surface area contributed by atoms with Gasteiger partial charge in [0.1, 0.15) is 4.90 Å². The minimum Gasteiger partial charge on any atom is -0.389 e. The number of hydrogen-bond donors (Lipinski definition) is 3. The van der Waals surface area contributed by atoms with Crippen molar-refractivity contribution in [1.29, 1.82) is 0 Å². The molecule has 0 aliphatic heterocycles. The van der Waals surface area contributed by atoms with Gasteiger partial charge in [0.2, 0.25) is 0 Å². The van der Waals surface area contributed by atoms with E-state index in [0.717, 1.165) is 5.56 Å². The lowest BCUT2D eigenvalue weighted by Crippen LogP contribution is -2.12. The topological polar surface area (TPSA) is 95.1 Å². The largest absolute Gasteiger partial charge is 0.389 e. The second-order valence-corrected chi connectivity index (χ2v) is 5.52. The molecular formula is C11H13N3O3S. The maximum absolute atomic E-state index is 11.9. The maximum Gasteiger partial charge on any atom is 0.265 e. The van der Waals surface area contributed by atoms with Crippen LogP contribution >= 0.6 is 0 Å². The van der Waals surface area contributed by atoms with Crippen molar-refractivity contribution in [3.05, 3.63) is 42.2 Å². The van der Waals surface area contributed by atoms with E-state index >= 15 is 0 Å². The molecule has 0 aliphatic carbocycles. The van der Waals surface area contributed by atoms with E-state index in [0.29, 0.717) is 5.69 Å². The second-order valence-electron chi connectivity index (χ2n) is 3.84. The molecule has 0 amide bonds. The van der Waals surface area contributed by atoms with E-state index in [9.17, 15) is 13.5 Å². The Kier molecular flexibility index (Phi) is 3.35. The summed E-state index contributed by atoms with van der Waals surface area (Å²) >= 11 is 0. The number of rotatable bonds is 4. The van der Waals surface area contributed by atoms with Gasteiger partial charge in [-0.25, -0.2) is 8.42 Å². The molecule has 1 aromatic heterocycles. The molecule has 3 N–H and O–H groups in total. The lowest BCUT2D eigenvalue weighted by molar-refractivity contribution is 0.199. The van der Waals surface area contributed by atoms with E-state index in [1.54, 1.807) is 31.2 Å². The van der Waals surface area contributed by atoms with Crippen molar-refractivity contribution < 1.29 is 13.5 Å². The summed E-state index contributed by atoms with van der Waals surface area (Å²) in [6.07, 6.45) is 1.95. The minimum atomic E-state index is -3.61. The predicted molar refractivity (Wildman–Crippen MR) is 66.5 cm³/mol. The van der Waals surface area contributed by atoms with E-state index in [4.69, 9.17) is 0 Å². The van der Waals surface area contributed by atoms with Crippen LogP contribution in [-0.4, -0.2) is 23.7 Å². The van der Waals surface area contributed by atoms with Crippen LogP contribution in [0, 0.1) is 0 Å². The summed E-state index contributed by atoms with van der Waals surface area (Å²) in [5.74, 6) is 0. The molecule has 0 saturated carbocycles. The molecule has 0 spiro atoms. The third-order valence-electron chi connectivity index (χ3n) is 2.43. The molecule has 1 heterocycles. The Labute approximate surface area is 105 Å². The summed E-state index contributed by atoms with van der Waals surface area (Å²) in [4.78, 5) is 0.0714. The highest BCUT2D eigenvalue weighted by atomic mass is 32.2. The number of anilines is 1. The van der Waals surface area contributed by atoms with Gasteiger partial charge in [-0.1, -0.05) is 12.1 Å². The summed E-state index contributed by atoms with van der Waals surface area (Å²) in [5, 5.41) is 15.4. The number of aromatic nitrogens is 2. The molecule has 96 valence electrons. The van der Waals surface area contributed by atoms with Gasteiger partial charge in [-0.15, -0.1) is 0 Å². The summed E-state index contributed by atoms with van der Waals surface area (Å²) in [7, 11) is -3.61. The quantitative estimate of drug-likeness (QED) is 0.777. The first-order valence-corrected chi connectivity index (χ1v) is 6.77. The lowest BCUT2D eigenvalue weighted by Gasteiger charge is -2.08. The highest BCUT2D eigenvalue weighted by Gasteiger charge is 2.15. The van der Waals surface area contributed by atoms with Crippen molar-refractivity contribution in [3.8, 4) is 0 Å². The molecule has 0 fully saturated rings. The van der Waals surface area contributed by atoms with Crippen LogP contribution in [0.4, 0.5) is 5.69 Å². The molecule has 6 nitrogen and oxygen atoms in total. The number of aromatic amines is 1. The Hall–Kier alpha value is -1.86. The number of nitrogens with one attached hydrogen (secondary N) is 2. The fourth-order valence-electron chi connectivity index (χ4n) is 1.43. The number of H-pyrrole nitrogens is 1. The number of benzene rings is 1. The fourth-order valence-corrected chi connectivity index (χ4v) is 2.39. The van der Waals surface area contributed by atoms with Crippen LogP contribution in [0.2, 0.25) is 0 Å². The standard InChI is InChI=1S/C11H13N3O3S/c1-8(15)9-2-4-10(5-3-9)14-18(16,17)11-6-12-13-7-11/h2-8,14-15H,1H3,(H,12,13). The zero-order chi connectivity index (χ0) is 13.2. The van der Waals surface area contributed by atoms with Crippen LogP contribution in [0.5, 0.6) is 0 Å². The number of aliphatic hydroxyl groups is 1. The molecule has 1 unspecified atom stereocenters. The van der Waals surface area contributed by atoms with Crippen molar-refractivity contribution in [3.63, 3.8) is 0 Å². The van der Waals surface area contributed by atoms with E-state index in [2.05, 4.69) is 14.9 Å². The first-order chi connectivity index (χ1) is 8.49. The predicted octanol–water partition coefficient (Wildman–Crippen LogP) is 1.26. The SMILES string of the molecule is CC(O)c1ccc(NS(=O)(=O)c2cn[nH]c2)cc1. The molecule has 0 aliphatic rings. The molecule has 1 atom stereocenters. The van der Waals surface area contributed by atoms with Crippen LogP contribution < -0.4 is 4.72 Å². The Balaban J connectivity index is 2.20. The number of hydrogen-bond acceptors (Lipinski definition) is 4. The Bertz CT molecular complexity index is 603.